The summed E-state index contributed by atoms with van der Waals surface area (Å²) in [7, 11) is 2.00. The normalized spacial score (nSPS) is 18.8. The Morgan fingerprint density at radius 2 is 1.81 bits per heavy atom. The third-order valence-corrected chi connectivity index (χ3v) is 4.70. The van der Waals surface area contributed by atoms with Crippen LogP contribution in [-0.4, -0.2) is 42.4 Å². The zero-order valence-corrected chi connectivity index (χ0v) is 14.5. The monoisotopic (exact) mass is 362 g/mol. The van der Waals surface area contributed by atoms with Crippen LogP contribution in [0.1, 0.15) is 22.7 Å². The molecule has 138 valence electrons. The van der Waals surface area contributed by atoms with Gasteiger partial charge in [0.25, 0.3) is 0 Å². The van der Waals surface area contributed by atoms with Gasteiger partial charge in [-0.05, 0) is 24.2 Å². The Morgan fingerprint density at radius 1 is 1.08 bits per heavy atom. The van der Waals surface area contributed by atoms with Crippen molar-refractivity contribution in [2.45, 2.75) is 18.6 Å². The van der Waals surface area contributed by atoms with E-state index < -0.39 is 11.7 Å². The number of alkyl halides is 3. The van der Waals surface area contributed by atoms with Gasteiger partial charge in [0.2, 0.25) is 5.91 Å². The molecule has 1 aliphatic heterocycles. The molecule has 0 aromatic heterocycles. The standard InChI is InChI=1S/C20H21F3N2O/c1-24-10-11-25(18(14-24)16-7-3-2-4-8-16)19(26)13-15-6-5-9-17(12-15)20(21,22)23/h2-9,12,18H,10-11,13-14H2,1H3. The molecule has 0 saturated carbocycles. The van der Waals surface area contributed by atoms with Crippen LogP contribution in [0.15, 0.2) is 54.6 Å². The lowest BCUT2D eigenvalue weighted by atomic mass is 10.0. The van der Waals surface area contributed by atoms with Crippen molar-refractivity contribution in [3.63, 3.8) is 0 Å². The first kappa shape index (κ1) is 18.5. The van der Waals surface area contributed by atoms with Crippen LogP contribution in [-0.2, 0) is 17.4 Å². The number of likely N-dealkylation sites (N-methyl/N-ethyl adjacent to an activating group) is 1. The molecule has 1 aliphatic rings. The van der Waals surface area contributed by atoms with Gasteiger partial charge < -0.3 is 9.80 Å². The highest BCUT2D eigenvalue weighted by Gasteiger charge is 2.32. The zero-order chi connectivity index (χ0) is 18.7. The fraction of sp³-hybridized carbons (Fsp3) is 0.350. The molecule has 2 aromatic carbocycles. The van der Waals surface area contributed by atoms with E-state index >= 15 is 0 Å². The van der Waals surface area contributed by atoms with E-state index in [-0.39, 0.29) is 18.4 Å². The summed E-state index contributed by atoms with van der Waals surface area (Å²) in [6, 6.07) is 14.7. The first-order chi connectivity index (χ1) is 12.3. The minimum atomic E-state index is -4.40. The first-order valence-electron chi connectivity index (χ1n) is 8.53. The van der Waals surface area contributed by atoms with Crippen molar-refractivity contribution in [2.24, 2.45) is 0 Å². The van der Waals surface area contributed by atoms with Gasteiger partial charge in [0, 0.05) is 19.6 Å². The largest absolute Gasteiger partial charge is 0.416 e. The van der Waals surface area contributed by atoms with Gasteiger partial charge in [-0.15, -0.1) is 0 Å². The van der Waals surface area contributed by atoms with Crippen molar-refractivity contribution in [2.75, 3.05) is 26.7 Å². The maximum atomic E-state index is 12.9. The van der Waals surface area contributed by atoms with Gasteiger partial charge >= 0.3 is 6.18 Å². The maximum absolute atomic E-state index is 12.9. The number of carbonyl (C=O) groups excluding carboxylic acids is 1. The van der Waals surface area contributed by atoms with Gasteiger partial charge in [0.1, 0.15) is 0 Å². The summed E-state index contributed by atoms with van der Waals surface area (Å²) in [5.74, 6) is -0.147. The second-order valence-electron chi connectivity index (χ2n) is 6.65. The second-order valence-corrected chi connectivity index (χ2v) is 6.65. The predicted molar refractivity (Wildman–Crippen MR) is 93.5 cm³/mol. The lowest BCUT2D eigenvalue weighted by molar-refractivity contribution is -0.138. The smallest absolute Gasteiger partial charge is 0.333 e. The fourth-order valence-electron chi connectivity index (χ4n) is 3.31. The third kappa shape index (κ3) is 4.25. The summed E-state index contributed by atoms with van der Waals surface area (Å²) in [5.41, 5.74) is 0.702. The van der Waals surface area contributed by atoms with Crippen molar-refractivity contribution in [3.05, 3.63) is 71.3 Å². The molecule has 0 spiro atoms. The first-order valence-corrected chi connectivity index (χ1v) is 8.53. The summed E-state index contributed by atoms with van der Waals surface area (Å²) < 4.78 is 38.7. The molecule has 3 nitrogen and oxygen atoms in total. The van der Waals surface area contributed by atoms with Gasteiger partial charge in [0.05, 0.1) is 18.0 Å². The summed E-state index contributed by atoms with van der Waals surface area (Å²) in [6.45, 7) is 2.02. The van der Waals surface area contributed by atoms with E-state index in [2.05, 4.69) is 4.90 Å². The zero-order valence-electron chi connectivity index (χ0n) is 14.5. The molecule has 1 amide bonds. The van der Waals surface area contributed by atoms with E-state index in [1.807, 2.05) is 37.4 Å². The molecule has 1 saturated heterocycles. The van der Waals surface area contributed by atoms with Crippen LogP contribution < -0.4 is 0 Å². The maximum Gasteiger partial charge on any atom is 0.416 e. The van der Waals surface area contributed by atoms with Gasteiger partial charge in [0.15, 0.2) is 0 Å². The summed E-state index contributed by atoms with van der Waals surface area (Å²) in [6.07, 6.45) is -4.43. The van der Waals surface area contributed by atoms with Crippen molar-refractivity contribution in [1.82, 2.24) is 9.80 Å². The number of hydrogen-bond donors (Lipinski definition) is 0. The van der Waals surface area contributed by atoms with Crippen LogP contribution in [0.2, 0.25) is 0 Å². The van der Waals surface area contributed by atoms with Gasteiger partial charge in [-0.2, -0.15) is 13.2 Å². The average Bonchev–Trinajstić information content (AvgIpc) is 2.62. The van der Waals surface area contributed by atoms with Gasteiger partial charge in [-0.25, -0.2) is 0 Å². The molecule has 1 heterocycles. The van der Waals surface area contributed by atoms with Crippen molar-refractivity contribution >= 4 is 5.91 Å². The van der Waals surface area contributed by atoms with Crippen LogP contribution >= 0.6 is 0 Å². The lowest BCUT2D eigenvalue weighted by Crippen LogP contribution is -2.49. The minimum absolute atomic E-state index is 0.0308. The van der Waals surface area contributed by atoms with E-state index in [1.165, 1.54) is 6.07 Å². The lowest BCUT2D eigenvalue weighted by Gasteiger charge is -2.40. The van der Waals surface area contributed by atoms with Crippen LogP contribution in [0.3, 0.4) is 0 Å². The Balaban J connectivity index is 1.79. The summed E-state index contributed by atoms with van der Waals surface area (Å²) in [4.78, 5) is 16.8. The highest BCUT2D eigenvalue weighted by molar-refractivity contribution is 5.79. The number of rotatable bonds is 3. The number of halogens is 3. The Kier molecular flexibility index (Phi) is 5.32. The minimum Gasteiger partial charge on any atom is -0.333 e. The number of hydrogen-bond acceptors (Lipinski definition) is 2. The molecule has 1 atom stereocenters. The topological polar surface area (TPSA) is 23.6 Å². The molecule has 26 heavy (non-hydrogen) atoms. The third-order valence-electron chi connectivity index (χ3n) is 4.70. The SMILES string of the molecule is CN1CCN(C(=O)Cc2cccc(C(F)(F)F)c2)C(c2ccccc2)C1. The van der Waals surface area contributed by atoms with Crippen molar-refractivity contribution in [3.8, 4) is 0 Å². The molecule has 2 aromatic rings. The number of benzene rings is 2. The Morgan fingerprint density at radius 3 is 2.50 bits per heavy atom. The Bertz CT molecular complexity index is 761. The number of piperazine rings is 1. The average molecular weight is 362 g/mol. The molecule has 0 N–H and O–H groups in total. The van der Waals surface area contributed by atoms with Crippen molar-refractivity contribution in [1.29, 1.82) is 0 Å². The van der Waals surface area contributed by atoms with Crippen LogP contribution in [0.5, 0.6) is 0 Å². The molecule has 1 fully saturated rings. The van der Waals surface area contributed by atoms with Crippen molar-refractivity contribution < 1.29 is 18.0 Å². The number of nitrogens with zero attached hydrogens (tertiary/aromatic N) is 2. The summed E-state index contributed by atoms with van der Waals surface area (Å²) >= 11 is 0. The number of amides is 1. The summed E-state index contributed by atoms with van der Waals surface area (Å²) in [5, 5.41) is 0. The van der Waals surface area contributed by atoms with E-state index in [0.717, 1.165) is 24.2 Å². The molecule has 0 bridgehead atoms. The molecule has 3 rings (SSSR count). The van der Waals surface area contributed by atoms with Gasteiger partial charge in [-0.1, -0.05) is 48.5 Å². The second kappa shape index (κ2) is 7.50. The Labute approximate surface area is 151 Å². The Hall–Kier alpha value is -2.34. The predicted octanol–water partition coefficient (Wildman–Crippen LogP) is 3.76. The molecule has 0 radical (unpaired) electrons. The van der Waals surface area contributed by atoms with Gasteiger partial charge in [-0.3, -0.25) is 4.79 Å². The molecule has 1 unspecified atom stereocenters. The number of carbonyl (C=O) groups is 1. The molecular formula is C20H21F3N2O. The molecule has 6 heteroatoms. The highest BCUT2D eigenvalue weighted by Crippen LogP contribution is 2.30. The van der Waals surface area contributed by atoms with Crippen LogP contribution in [0, 0.1) is 0 Å². The van der Waals surface area contributed by atoms with Crippen LogP contribution in [0.25, 0.3) is 0 Å². The van der Waals surface area contributed by atoms with Crippen LogP contribution in [0.4, 0.5) is 13.2 Å². The highest BCUT2D eigenvalue weighted by atomic mass is 19.4. The fourth-order valence-corrected chi connectivity index (χ4v) is 3.31. The molecular weight excluding hydrogens is 341 g/mol. The van der Waals surface area contributed by atoms with E-state index in [4.69, 9.17) is 0 Å². The quantitative estimate of drug-likeness (QED) is 0.830. The van der Waals surface area contributed by atoms with E-state index in [1.54, 1.807) is 11.0 Å². The van der Waals surface area contributed by atoms with E-state index in [0.29, 0.717) is 18.7 Å². The van der Waals surface area contributed by atoms with E-state index in [9.17, 15) is 18.0 Å². The molecule has 0 aliphatic carbocycles.